The molecule has 5 aromatic rings. The molecule has 0 saturated heterocycles. The van der Waals surface area contributed by atoms with Crippen molar-refractivity contribution in [2.24, 2.45) is 0 Å². The molecule has 1 aliphatic rings. The number of nitrogen functional groups attached to an aromatic ring is 1. The van der Waals surface area contributed by atoms with Gasteiger partial charge in [-0.25, -0.2) is 0 Å². The first kappa shape index (κ1) is 21.8. The van der Waals surface area contributed by atoms with Crippen LogP contribution in [-0.4, -0.2) is 16.1 Å². The van der Waals surface area contributed by atoms with Crippen LogP contribution >= 0.6 is 0 Å². The van der Waals surface area contributed by atoms with Crippen molar-refractivity contribution < 1.29 is 9.59 Å². The molecular formula is C32H24N2O2. The van der Waals surface area contributed by atoms with E-state index >= 15 is 0 Å². The summed E-state index contributed by atoms with van der Waals surface area (Å²) in [6.07, 6.45) is 0.913. The molecule has 4 heteroatoms. The number of benzene rings is 4. The number of anilines is 1. The van der Waals surface area contributed by atoms with Gasteiger partial charge in [-0.15, -0.1) is 0 Å². The fourth-order valence-electron chi connectivity index (χ4n) is 5.14. The van der Waals surface area contributed by atoms with Gasteiger partial charge in [-0.2, -0.15) is 0 Å². The third-order valence-corrected chi connectivity index (χ3v) is 6.91. The van der Waals surface area contributed by atoms with E-state index in [9.17, 15) is 9.59 Å². The molecular weight excluding hydrogens is 444 g/mol. The second-order valence-electron chi connectivity index (χ2n) is 8.96. The Bertz CT molecular complexity index is 1640. The number of carbonyl (C=O) groups excluding carboxylic acids is 2. The van der Waals surface area contributed by atoms with Crippen molar-refractivity contribution in [2.75, 3.05) is 5.73 Å². The second kappa shape index (κ2) is 8.51. The molecule has 4 aromatic carbocycles. The number of nitrogens with two attached hydrogens (primary N) is 1. The van der Waals surface area contributed by atoms with Gasteiger partial charge < -0.3 is 10.3 Å². The highest BCUT2D eigenvalue weighted by molar-refractivity contribution is 6.31. The molecule has 1 aromatic heterocycles. The van der Waals surface area contributed by atoms with Gasteiger partial charge in [0.15, 0.2) is 5.78 Å². The molecule has 0 spiro atoms. The average Bonchev–Trinajstić information content (AvgIpc) is 3.29. The van der Waals surface area contributed by atoms with Crippen LogP contribution in [0.25, 0.3) is 28.1 Å². The lowest BCUT2D eigenvalue weighted by Gasteiger charge is -2.19. The lowest BCUT2D eigenvalue weighted by atomic mass is 9.84. The van der Waals surface area contributed by atoms with Crippen LogP contribution < -0.4 is 5.73 Å². The highest BCUT2D eigenvalue weighted by atomic mass is 16.1. The molecule has 0 unspecified atom stereocenters. The molecule has 0 amide bonds. The molecule has 2 N–H and O–H groups in total. The fourth-order valence-corrected chi connectivity index (χ4v) is 5.14. The standard InChI is InChI=1S/C32H24N2O2/c1-2-20-16-18-21(19-17-20)27-28-30(32(36)24-13-7-6-12-23(24)31(28)35)34(26-15-9-8-14-25(26)33)29(27)22-10-4-3-5-11-22/h3-19H,2,33H2,1H3. The molecule has 4 nitrogen and oxygen atoms in total. The minimum absolute atomic E-state index is 0.153. The molecule has 0 fully saturated rings. The molecule has 6 rings (SSSR count). The lowest BCUT2D eigenvalue weighted by molar-refractivity contribution is 0.0975. The number of hydrogen-bond donors (Lipinski definition) is 1. The van der Waals surface area contributed by atoms with E-state index < -0.39 is 0 Å². The summed E-state index contributed by atoms with van der Waals surface area (Å²) in [5, 5.41) is 0. The van der Waals surface area contributed by atoms with Crippen molar-refractivity contribution in [3.05, 3.63) is 131 Å². The van der Waals surface area contributed by atoms with Gasteiger partial charge in [-0.1, -0.05) is 97.9 Å². The molecule has 0 bridgehead atoms. The summed E-state index contributed by atoms with van der Waals surface area (Å²) in [5.74, 6) is -0.336. The van der Waals surface area contributed by atoms with Gasteiger partial charge in [-0.3, -0.25) is 9.59 Å². The van der Waals surface area contributed by atoms with E-state index in [2.05, 4.69) is 19.1 Å². The molecule has 0 saturated carbocycles. The van der Waals surface area contributed by atoms with E-state index in [4.69, 9.17) is 5.73 Å². The maximum atomic E-state index is 14.1. The van der Waals surface area contributed by atoms with E-state index in [1.165, 1.54) is 5.56 Å². The van der Waals surface area contributed by atoms with Crippen LogP contribution in [0, 0.1) is 0 Å². The predicted octanol–water partition coefficient (Wildman–Crippen LogP) is 6.73. The SMILES string of the molecule is CCc1ccc(-c2c3c(n(-c4ccccc4N)c2-c2ccccc2)C(=O)c2ccccc2C3=O)cc1. The third kappa shape index (κ3) is 3.23. The zero-order valence-electron chi connectivity index (χ0n) is 19.9. The first-order valence-electron chi connectivity index (χ1n) is 12.1. The van der Waals surface area contributed by atoms with Gasteiger partial charge in [0.2, 0.25) is 5.78 Å². The van der Waals surface area contributed by atoms with Crippen molar-refractivity contribution in [2.45, 2.75) is 13.3 Å². The number of aromatic nitrogens is 1. The van der Waals surface area contributed by atoms with Crippen molar-refractivity contribution in [3.63, 3.8) is 0 Å². The Morgan fingerprint density at radius 1 is 0.611 bits per heavy atom. The average molecular weight is 469 g/mol. The molecule has 1 aliphatic carbocycles. The summed E-state index contributed by atoms with van der Waals surface area (Å²) in [6, 6.07) is 32.6. The Hall–Kier alpha value is -4.70. The Balaban J connectivity index is 1.80. The van der Waals surface area contributed by atoms with Crippen LogP contribution in [0.1, 0.15) is 44.5 Å². The van der Waals surface area contributed by atoms with Crippen LogP contribution in [0.3, 0.4) is 0 Å². The number of aryl methyl sites for hydroxylation is 1. The van der Waals surface area contributed by atoms with Crippen molar-refractivity contribution in [1.29, 1.82) is 0 Å². The van der Waals surface area contributed by atoms with Crippen molar-refractivity contribution in [1.82, 2.24) is 4.57 Å². The van der Waals surface area contributed by atoms with E-state index in [1.54, 1.807) is 24.3 Å². The normalized spacial score (nSPS) is 12.4. The smallest absolute Gasteiger partial charge is 0.211 e. The van der Waals surface area contributed by atoms with Crippen LogP contribution in [0.5, 0.6) is 0 Å². The zero-order valence-corrected chi connectivity index (χ0v) is 19.9. The van der Waals surface area contributed by atoms with Crippen LogP contribution in [0.2, 0.25) is 0 Å². The monoisotopic (exact) mass is 468 g/mol. The minimum atomic E-state index is -0.183. The third-order valence-electron chi connectivity index (χ3n) is 6.91. The van der Waals surface area contributed by atoms with E-state index in [1.807, 2.05) is 71.3 Å². The quantitative estimate of drug-likeness (QED) is 0.292. The Labute approximate surface area is 209 Å². The first-order chi connectivity index (χ1) is 17.6. The number of nitrogens with zero attached hydrogens (tertiary/aromatic N) is 1. The molecule has 0 radical (unpaired) electrons. The summed E-state index contributed by atoms with van der Waals surface area (Å²) in [4.78, 5) is 28.2. The molecule has 0 aliphatic heterocycles. The summed E-state index contributed by atoms with van der Waals surface area (Å²) in [6.45, 7) is 2.11. The highest BCUT2D eigenvalue weighted by Crippen LogP contribution is 2.45. The predicted molar refractivity (Wildman–Crippen MR) is 144 cm³/mol. The van der Waals surface area contributed by atoms with Crippen LogP contribution in [0.15, 0.2) is 103 Å². The zero-order chi connectivity index (χ0) is 24.8. The summed E-state index contributed by atoms with van der Waals surface area (Å²) >= 11 is 0. The Morgan fingerprint density at radius 2 is 1.22 bits per heavy atom. The number of fused-ring (bicyclic) bond motifs is 2. The second-order valence-corrected chi connectivity index (χ2v) is 8.96. The largest absolute Gasteiger partial charge is 0.397 e. The van der Waals surface area contributed by atoms with Gasteiger partial charge in [0.25, 0.3) is 0 Å². The minimum Gasteiger partial charge on any atom is -0.397 e. The van der Waals surface area contributed by atoms with Crippen LogP contribution in [0.4, 0.5) is 5.69 Å². The summed E-state index contributed by atoms with van der Waals surface area (Å²) in [7, 11) is 0. The van der Waals surface area contributed by atoms with Crippen molar-refractivity contribution in [3.8, 4) is 28.1 Å². The Kier molecular flexibility index (Phi) is 5.15. The molecule has 1 heterocycles. The van der Waals surface area contributed by atoms with Gasteiger partial charge in [0, 0.05) is 16.7 Å². The lowest BCUT2D eigenvalue weighted by Crippen LogP contribution is -2.23. The topological polar surface area (TPSA) is 65.1 Å². The number of para-hydroxylation sites is 2. The van der Waals surface area contributed by atoms with Gasteiger partial charge in [0.05, 0.1) is 22.6 Å². The summed E-state index contributed by atoms with van der Waals surface area (Å²) in [5.41, 5.74) is 13.8. The van der Waals surface area contributed by atoms with Gasteiger partial charge in [-0.05, 0) is 35.2 Å². The van der Waals surface area contributed by atoms with E-state index in [0.29, 0.717) is 33.8 Å². The maximum absolute atomic E-state index is 14.1. The number of carbonyl (C=O) groups is 2. The summed E-state index contributed by atoms with van der Waals surface area (Å²) < 4.78 is 1.89. The molecule has 174 valence electrons. The number of ketones is 2. The number of rotatable bonds is 4. The highest BCUT2D eigenvalue weighted by Gasteiger charge is 2.39. The maximum Gasteiger partial charge on any atom is 0.211 e. The van der Waals surface area contributed by atoms with E-state index in [-0.39, 0.29) is 11.6 Å². The number of hydrogen-bond acceptors (Lipinski definition) is 3. The van der Waals surface area contributed by atoms with Gasteiger partial charge >= 0.3 is 0 Å². The Morgan fingerprint density at radius 3 is 1.89 bits per heavy atom. The van der Waals surface area contributed by atoms with Crippen molar-refractivity contribution >= 4 is 17.3 Å². The fraction of sp³-hybridized carbons (Fsp3) is 0.0625. The molecule has 36 heavy (non-hydrogen) atoms. The van der Waals surface area contributed by atoms with E-state index in [0.717, 1.165) is 28.8 Å². The van der Waals surface area contributed by atoms with Crippen LogP contribution in [-0.2, 0) is 6.42 Å². The van der Waals surface area contributed by atoms with Gasteiger partial charge in [0.1, 0.15) is 5.69 Å². The first-order valence-corrected chi connectivity index (χ1v) is 12.1. The molecule has 0 atom stereocenters.